The molecule has 0 fully saturated rings. The molecule has 0 bridgehead atoms. The van der Waals surface area contributed by atoms with Crippen molar-refractivity contribution in [1.82, 2.24) is 20.4 Å². The van der Waals surface area contributed by atoms with Gasteiger partial charge in [0.1, 0.15) is 0 Å². The molecule has 16 heavy (non-hydrogen) atoms. The van der Waals surface area contributed by atoms with E-state index in [1.165, 1.54) is 0 Å². The van der Waals surface area contributed by atoms with Crippen LogP contribution in [0.5, 0.6) is 0 Å². The molecule has 0 spiro atoms. The van der Waals surface area contributed by atoms with Crippen LogP contribution in [0.15, 0.2) is 22.9 Å². The molecule has 2 heterocycles. The van der Waals surface area contributed by atoms with E-state index in [0.29, 0.717) is 17.8 Å². The molecule has 86 valence electrons. The summed E-state index contributed by atoms with van der Waals surface area (Å²) in [6.07, 6.45) is 3.63. The van der Waals surface area contributed by atoms with E-state index in [2.05, 4.69) is 27.4 Å². The maximum atomic E-state index is 5.17. The quantitative estimate of drug-likeness (QED) is 0.803. The van der Waals surface area contributed by atoms with E-state index in [-0.39, 0.29) is 0 Å². The number of hydrogen-bond acceptors (Lipinski definition) is 4. The van der Waals surface area contributed by atoms with Crippen LogP contribution in [0.1, 0.15) is 19.2 Å². The smallest absolute Gasteiger partial charge is 0.227 e. The van der Waals surface area contributed by atoms with Gasteiger partial charge in [0.2, 0.25) is 11.7 Å². The Labute approximate surface area is 94.3 Å². The van der Waals surface area contributed by atoms with Gasteiger partial charge in [-0.05, 0) is 32.5 Å². The van der Waals surface area contributed by atoms with E-state index in [9.17, 15) is 0 Å². The zero-order chi connectivity index (χ0) is 11.4. The van der Waals surface area contributed by atoms with Gasteiger partial charge in [-0.25, -0.2) is 0 Å². The van der Waals surface area contributed by atoms with Gasteiger partial charge in [-0.3, -0.25) is 0 Å². The average molecular weight is 220 g/mol. The Morgan fingerprint density at radius 1 is 1.56 bits per heavy atom. The third-order valence-corrected chi connectivity index (χ3v) is 2.59. The third-order valence-electron chi connectivity index (χ3n) is 2.59. The molecule has 0 aliphatic rings. The zero-order valence-electron chi connectivity index (χ0n) is 9.53. The lowest BCUT2D eigenvalue weighted by molar-refractivity contribution is 0.369. The topological polar surface area (TPSA) is 66.7 Å². The summed E-state index contributed by atoms with van der Waals surface area (Å²) in [5, 5.41) is 7.10. The van der Waals surface area contributed by atoms with E-state index in [1.54, 1.807) is 0 Å². The Morgan fingerprint density at radius 2 is 2.44 bits per heavy atom. The standard InChI is InChI=1S/C11H16N4O/c1-8(12-2)5-6-10-14-11(15-16-10)9-4-3-7-13-9/h3-4,7-8,12-13H,5-6H2,1-2H3. The molecule has 2 N–H and O–H groups in total. The van der Waals surface area contributed by atoms with Crippen molar-refractivity contribution in [3.05, 3.63) is 24.2 Å². The number of H-pyrrole nitrogens is 1. The first-order chi connectivity index (χ1) is 7.79. The summed E-state index contributed by atoms with van der Waals surface area (Å²) in [7, 11) is 1.95. The molecule has 0 saturated heterocycles. The lowest BCUT2D eigenvalue weighted by atomic mass is 10.2. The molecule has 0 amide bonds. The second-order valence-electron chi connectivity index (χ2n) is 3.82. The highest BCUT2D eigenvalue weighted by Crippen LogP contribution is 2.13. The second-order valence-corrected chi connectivity index (χ2v) is 3.82. The van der Waals surface area contributed by atoms with Crippen molar-refractivity contribution in [2.45, 2.75) is 25.8 Å². The highest BCUT2D eigenvalue weighted by Gasteiger charge is 2.09. The molecule has 0 aromatic carbocycles. The summed E-state index contributed by atoms with van der Waals surface area (Å²) in [5.41, 5.74) is 0.886. The summed E-state index contributed by atoms with van der Waals surface area (Å²) in [5.74, 6) is 1.31. The fourth-order valence-electron chi connectivity index (χ4n) is 1.42. The first-order valence-corrected chi connectivity index (χ1v) is 5.43. The Bertz CT molecular complexity index is 421. The number of aryl methyl sites for hydroxylation is 1. The van der Waals surface area contributed by atoms with Gasteiger partial charge in [-0.1, -0.05) is 5.16 Å². The van der Waals surface area contributed by atoms with Crippen LogP contribution in [-0.4, -0.2) is 28.2 Å². The first-order valence-electron chi connectivity index (χ1n) is 5.43. The van der Waals surface area contributed by atoms with Gasteiger partial charge in [-0.15, -0.1) is 0 Å². The Hall–Kier alpha value is -1.62. The van der Waals surface area contributed by atoms with Gasteiger partial charge in [0.05, 0.1) is 5.69 Å². The molecule has 2 rings (SSSR count). The van der Waals surface area contributed by atoms with Crippen LogP contribution in [0.3, 0.4) is 0 Å². The van der Waals surface area contributed by atoms with Crippen LogP contribution < -0.4 is 5.32 Å². The number of nitrogens with zero attached hydrogens (tertiary/aromatic N) is 2. The van der Waals surface area contributed by atoms with Gasteiger partial charge < -0.3 is 14.8 Å². The largest absolute Gasteiger partial charge is 0.359 e. The minimum atomic E-state index is 0.459. The summed E-state index contributed by atoms with van der Waals surface area (Å²) in [6, 6.07) is 4.29. The fraction of sp³-hybridized carbons (Fsp3) is 0.455. The van der Waals surface area contributed by atoms with Crippen LogP contribution in [0, 0.1) is 0 Å². The third kappa shape index (κ3) is 2.49. The van der Waals surface area contributed by atoms with Gasteiger partial charge in [0, 0.05) is 18.7 Å². The van der Waals surface area contributed by atoms with E-state index in [4.69, 9.17) is 4.52 Å². The van der Waals surface area contributed by atoms with Crippen molar-refractivity contribution in [3.8, 4) is 11.5 Å². The van der Waals surface area contributed by atoms with Crippen molar-refractivity contribution >= 4 is 0 Å². The molecule has 0 saturated carbocycles. The van der Waals surface area contributed by atoms with Crippen LogP contribution in [0.2, 0.25) is 0 Å². The summed E-state index contributed by atoms with van der Waals surface area (Å²) >= 11 is 0. The SMILES string of the molecule is CNC(C)CCc1nc(-c2ccc[nH]2)no1. The maximum absolute atomic E-state index is 5.17. The predicted molar refractivity (Wildman–Crippen MR) is 60.9 cm³/mol. The van der Waals surface area contributed by atoms with Crippen LogP contribution in [0.4, 0.5) is 0 Å². The predicted octanol–water partition coefficient (Wildman–Crippen LogP) is 1.61. The highest BCUT2D eigenvalue weighted by molar-refractivity contribution is 5.47. The Balaban J connectivity index is 1.98. The molecule has 5 heteroatoms. The molecule has 0 aliphatic heterocycles. The molecule has 1 atom stereocenters. The zero-order valence-corrected chi connectivity index (χ0v) is 9.53. The minimum absolute atomic E-state index is 0.459. The monoisotopic (exact) mass is 220 g/mol. The lowest BCUT2D eigenvalue weighted by Crippen LogP contribution is -2.21. The molecule has 0 radical (unpaired) electrons. The average Bonchev–Trinajstić information content (AvgIpc) is 2.95. The number of hydrogen-bond donors (Lipinski definition) is 2. The van der Waals surface area contributed by atoms with Crippen LogP contribution in [0.25, 0.3) is 11.5 Å². The van der Waals surface area contributed by atoms with Crippen molar-refractivity contribution in [2.24, 2.45) is 0 Å². The van der Waals surface area contributed by atoms with Gasteiger partial charge in [-0.2, -0.15) is 4.98 Å². The van der Waals surface area contributed by atoms with Crippen LogP contribution in [-0.2, 0) is 6.42 Å². The van der Waals surface area contributed by atoms with E-state index >= 15 is 0 Å². The summed E-state index contributed by atoms with van der Waals surface area (Å²) in [4.78, 5) is 7.37. The number of aromatic nitrogens is 3. The number of nitrogens with one attached hydrogen (secondary N) is 2. The minimum Gasteiger partial charge on any atom is -0.359 e. The normalized spacial score (nSPS) is 12.9. The Kier molecular flexibility index (Phi) is 3.36. The van der Waals surface area contributed by atoms with Crippen molar-refractivity contribution < 1.29 is 4.52 Å². The number of rotatable bonds is 5. The lowest BCUT2D eigenvalue weighted by Gasteiger charge is -2.06. The molecule has 2 aromatic rings. The first kappa shape index (κ1) is 10.9. The summed E-state index contributed by atoms with van der Waals surface area (Å²) < 4.78 is 5.17. The molecule has 2 aromatic heterocycles. The van der Waals surface area contributed by atoms with Gasteiger partial charge in [0.15, 0.2) is 0 Å². The molecule has 1 unspecified atom stereocenters. The fourth-order valence-corrected chi connectivity index (χ4v) is 1.42. The van der Waals surface area contributed by atoms with Crippen molar-refractivity contribution in [1.29, 1.82) is 0 Å². The molecular formula is C11H16N4O. The van der Waals surface area contributed by atoms with Gasteiger partial charge in [0.25, 0.3) is 0 Å². The number of aromatic amines is 1. The van der Waals surface area contributed by atoms with Crippen molar-refractivity contribution in [3.63, 3.8) is 0 Å². The second kappa shape index (κ2) is 4.94. The highest BCUT2D eigenvalue weighted by atomic mass is 16.5. The van der Waals surface area contributed by atoms with E-state index < -0.39 is 0 Å². The molecule has 0 aliphatic carbocycles. The van der Waals surface area contributed by atoms with Gasteiger partial charge >= 0.3 is 0 Å². The van der Waals surface area contributed by atoms with Crippen LogP contribution >= 0.6 is 0 Å². The Morgan fingerprint density at radius 3 is 3.12 bits per heavy atom. The molecule has 5 nitrogen and oxygen atoms in total. The van der Waals surface area contributed by atoms with E-state index in [1.807, 2.05) is 25.4 Å². The maximum Gasteiger partial charge on any atom is 0.227 e. The molecular weight excluding hydrogens is 204 g/mol. The van der Waals surface area contributed by atoms with Crippen molar-refractivity contribution in [2.75, 3.05) is 7.05 Å². The summed E-state index contributed by atoms with van der Waals surface area (Å²) in [6.45, 7) is 2.13. The van der Waals surface area contributed by atoms with E-state index in [0.717, 1.165) is 18.5 Å².